The summed E-state index contributed by atoms with van der Waals surface area (Å²) in [6.45, 7) is 6.30. The third kappa shape index (κ3) is 5.32. The molecular formula is C15H25NO5. The van der Waals surface area contributed by atoms with Crippen molar-refractivity contribution in [3.63, 3.8) is 0 Å². The third-order valence-corrected chi connectivity index (χ3v) is 3.64. The van der Waals surface area contributed by atoms with Crippen LogP contribution in [0.2, 0.25) is 0 Å². The van der Waals surface area contributed by atoms with Gasteiger partial charge in [-0.3, -0.25) is 10.1 Å². The van der Waals surface area contributed by atoms with Gasteiger partial charge < -0.3 is 15.3 Å². The fourth-order valence-electron chi connectivity index (χ4n) is 1.40. The number of hydrogen-bond donors (Lipinski definition) is 3. The van der Waals surface area contributed by atoms with E-state index in [0.29, 0.717) is 5.75 Å². The Balaban J connectivity index is 0.000000400. The molecular weight excluding hydrogens is 274 g/mol. The topological polar surface area (TPSA) is 104 Å². The lowest BCUT2D eigenvalue weighted by atomic mass is 9.82. The Morgan fingerprint density at radius 1 is 1.14 bits per heavy atom. The Kier molecular flexibility index (Phi) is 7.32. The normalized spacial score (nSPS) is 11.5. The van der Waals surface area contributed by atoms with Gasteiger partial charge in [-0.15, -0.1) is 0 Å². The van der Waals surface area contributed by atoms with Gasteiger partial charge in [-0.1, -0.05) is 39.0 Å². The molecule has 0 unspecified atom stereocenters. The van der Waals surface area contributed by atoms with Gasteiger partial charge in [-0.25, -0.2) is 0 Å². The van der Waals surface area contributed by atoms with Gasteiger partial charge in [0.15, 0.2) is 0 Å². The van der Waals surface area contributed by atoms with Crippen LogP contribution in [0.3, 0.4) is 0 Å². The Labute approximate surface area is 125 Å². The number of phenolic OH excluding ortho intramolecular Hbond substituents is 1. The maximum Gasteiger partial charge on any atom is 0.264 e. The fourth-order valence-corrected chi connectivity index (χ4v) is 1.40. The summed E-state index contributed by atoms with van der Waals surface area (Å²) in [4.78, 5) is 9.27. The second-order valence-corrected chi connectivity index (χ2v) is 5.82. The summed E-state index contributed by atoms with van der Waals surface area (Å²) in [7, 11) is 0. The van der Waals surface area contributed by atoms with Gasteiger partial charge in [0.1, 0.15) is 19.0 Å². The molecule has 0 spiro atoms. The maximum absolute atomic E-state index is 9.97. The zero-order chi connectivity index (χ0) is 16.7. The zero-order valence-corrected chi connectivity index (χ0v) is 13.0. The molecule has 0 aliphatic rings. The number of para-hydroxylation sites is 1. The number of aromatic hydroxyl groups is 1. The van der Waals surface area contributed by atoms with E-state index in [9.17, 15) is 15.2 Å². The SMILES string of the molecule is CC(CO)(CO)[N+](=O)[O-].CCC(C)(C)c1ccccc1O. The summed E-state index contributed by atoms with van der Waals surface area (Å²) in [6.07, 6.45) is 1.03. The number of aliphatic hydroxyl groups is 2. The summed E-state index contributed by atoms with van der Waals surface area (Å²) in [5, 5.41) is 36.3. The minimum atomic E-state index is -1.58. The molecule has 21 heavy (non-hydrogen) atoms. The predicted molar refractivity (Wildman–Crippen MR) is 81.0 cm³/mol. The molecule has 6 nitrogen and oxygen atoms in total. The van der Waals surface area contributed by atoms with E-state index in [1.165, 1.54) is 6.92 Å². The molecule has 1 aromatic carbocycles. The van der Waals surface area contributed by atoms with E-state index >= 15 is 0 Å². The Morgan fingerprint density at radius 3 is 1.90 bits per heavy atom. The maximum atomic E-state index is 9.97. The van der Waals surface area contributed by atoms with Gasteiger partial charge in [-0.05, 0) is 23.5 Å². The van der Waals surface area contributed by atoms with Crippen molar-refractivity contribution >= 4 is 0 Å². The molecule has 120 valence electrons. The lowest BCUT2D eigenvalue weighted by Crippen LogP contribution is -2.42. The second-order valence-electron chi connectivity index (χ2n) is 5.82. The first-order valence-electron chi connectivity index (χ1n) is 6.79. The molecule has 1 rings (SSSR count). The van der Waals surface area contributed by atoms with Crippen LogP contribution in [0.4, 0.5) is 0 Å². The van der Waals surface area contributed by atoms with E-state index in [4.69, 9.17) is 10.2 Å². The highest BCUT2D eigenvalue weighted by molar-refractivity contribution is 5.37. The molecule has 0 aliphatic heterocycles. The predicted octanol–water partition coefficient (Wildman–Crippen LogP) is 2.09. The molecule has 0 radical (unpaired) electrons. The van der Waals surface area contributed by atoms with Crippen LogP contribution < -0.4 is 0 Å². The van der Waals surface area contributed by atoms with Crippen LogP contribution in [0.5, 0.6) is 5.75 Å². The van der Waals surface area contributed by atoms with E-state index in [1.807, 2.05) is 18.2 Å². The molecule has 1 aromatic rings. The van der Waals surface area contributed by atoms with Crippen LogP contribution in [0.1, 0.15) is 39.7 Å². The minimum Gasteiger partial charge on any atom is -0.508 e. The second kappa shape index (κ2) is 7.95. The van der Waals surface area contributed by atoms with E-state index in [2.05, 4.69) is 20.8 Å². The van der Waals surface area contributed by atoms with Crippen molar-refractivity contribution in [1.29, 1.82) is 0 Å². The van der Waals surface area contributed by atoms with Crippen molar-refractivity contribution in [3.05, 3.63) is 39.9 Å². The molecule has 0 aromatic heterocycles. The molecule has 0 amide bonds. The molecule has 0 heterocycles. The largest absolute Gasteiger partial charge is 0.508 e. The van der Waals surface area contributed by atoms with Gasteiger partial charge in [0.05, 0.1) is 0 Å². The number of benzene rings is 1. The molecule has 0 bridgehead atoms. The first-order valence-corrected chi connectivity index (χ1v) is 6.79. The number of nitrogens with zero attached hydrogens (tertiary/aromatic N) is 1. The summed E-state index contributed by atoms with van der Waals surface area (Å²) in [6, 6.07) is 7.54. The van der Waals surface area contributed by atoms with Crippen molar-refractivity contribution in [2.24, 2.45) is 0 Å². The number of rotatable bonds is 5. The van der Waals surface area contributed by atoms with Crippen LogP contribution in [-0.2, 0) is 5.41 Å². The van der Waals surface area contributed by atoms with Crippen molar-refractivity contribution in [2.75, 3.05) is 13.2 Å². The van der Waals surface area contributed by atoms with Gasteiger partial charge in [-0.2, -0.15) is 0 Å². The van der Waals surface area contributed by atoms with Crippen LogP contribution in [-0.4, -0.2) is 39.0 Å². The van der Waals surface area contributed by atoms with Gasteiger partial charge in [0.25, 0.3) is 5.54 Å². The summed E-state index contributed by atoms with van der Waals surface area (Å²) in [5.41, 5.74) is -0.474. The monoisotopic (exact) mass is 299 g/mol. The third-order valence-electron chi connectivity index (χ3n) is 3.64. The van der Waals surface area contributed by atoms with Crippen LogP contribution in [0.15, 0.2) is 24.3 Å². The molecule has 0 atom stereocenters. The number of nitro groups is 1. The van der Waals surface area contributed by atoms with E-state index in [0.717, 1.165) is 12.0 Å². The molecule has 0 saturated heterocycles. The van der Waals surface area contributed by atoms with Crippen LogP contribution in [0.25, 0.3) is 0 Å². The number of aliphatic hydroxyl groups excluding tert-OH is 2. The Hall–Kier alpha value is -1.66. The average Bonchev–Trinajstić information content (AvgIpc) is 2.47. The number of phenols is 1. The summed E-state index contributed by atoms with van der Waals surface area (Å²) in [5.74, 6) is 0.407. The molecule has 0 aliphatic carbocycles. The molecule has 0 saturated carbocycles. The lowest BCUT2D eigenvalue weighted by Gasteiger charge is -2.23. The summed E-state index contributed by atoms with van der Waals surface area (Å²) >= 11 is 0. The van der Waals surface area contributed by atoms with E-state index < -0.39 is 23.7 Å². The first-order chi connectivity index (χ1) is 9.64. The zero-order valence-electron chi connectivity index (χ0n) is 13.0. The summed E-state index contributed by atoms with van der Waals surface area (Å²) < 4.78 is 0. The average molecular weight is 299 g/mol. The minimum absolute atomic E-state index is 0.0747. The molecule has 3 N–H and O–H groups in total. The van der Waals surface area contributed by atoms with Crippen molar-refractivity contribution in [1.82, 2.24) is 0 Å². The quantitative estimate of drug-likeness (QED) is 0.570. The van der Waals surface area contributed by atoms with Crippen molar-refractivity contribution in [3.8, 4) is 5.75 Å². The van der Waals surface area contributed by atoms with Crippen molar-refractivity contribution in [2.45, 2.75) is 45.1 Å². The smallest absolute Gasteiger partial charge is 0.264 e. The fraction of sp³-hybridized carbons (Fsp3) is 0.600. The van der Waals surface area contributed by atoms with Gasteiger partial charge in [0.2, 0.25) is 0 Å². The van der Waals surface area contributed by atoms with Crippen molar-refractivity contribution < 1.29 is 20.2 Å². The van der Waals surface area contributed by atoms with E-state index in [-0.39, 0.29) is 5.41 Å². The molecule has 0 fully saturated rings. The Bertz CT molecular complexity index is 455. The number of hydrogen-bond acceptors (Lipinski definition) is 5. The highest BCUT2D eigenvalue weighted by atomic mass is 16.6. The van der Waals surface area contributed by atoms with Crippen LogP contribution >= 0.6 is 0 Å². The first kappa shape index (κ1) is 19.3. The van der Waals surface area contributed by atoms with Crippen LogP contribution in [0, 0.1) is 10.1 Å². The highest BCUT2D eigenvalue weighted by Gasteiger charge is 2.35. The van der Waals surface area contributed by atoms with E-state index in [1.54, 1.807) is 6.07 Å². The highest BCUT2D eigenvalue weighted by Crippen LogP contribution is 2.32. The lowest BCUT2D eigenvalue weighted by molar-refractivity contribution is -0.572. The standard InChI is InChI=1S/C11H16O.C4H9NO4/c1-4-11(2,3)9-7-5-6-8-10(9)12;1-4(2-6,3-7)5(8)9/h5-8,12H,4H2,1-3H3;6-7H,2-3H2,1H3. The van der Waals surface area contributed by atoms with Gasteiger partial charge in [0, 0.05) is 11.8 Å². The Morgan fingerprint density at radius 2 is 1.62 bits per heavy atom. The van der Waals surface area contributed by atoms with Gasteiger partial charge >= 0.3 is 0 Å². The molecule has 6 heteroatoms.